The summed E-state index contributed by atoms with van der Waals surface area (Å²) in [6, 6.07) is 6.36. The highest BCUT2D eigenvalue weighted by atomic mass is 35.5. The predicted molar refractivity (Wildman–Crippen MR) is 80.0 cm³/mol. The maximum atomic E-state index is 12.8. The molecule has 0 bridgehead atoms. The molecule has 0 radical (unpaired) electrons. The second-order valence-corrected chi connectivity index (χ2v) is 5.14. The molecule has 5 nitrogen and oxygen atoms in total. The molecule has 0 atom stereocenters. The molecule has 0 heterocycles. The van der Waals surface area contributed by atoms with Crippen LogP contribution in [0.5, 0.6) is 0 Å². The molecule has 1 aromatic carbocycles. The lowest BCUT2D eigenvalue weighted by molar-refractivity contribution is -0.122. The zero-order valence-electron chi connectivity index (χ0n) is 11.9. The van der Waals surface area contributed by atoms with Crippen LogP contribution in [0.2, 0.25) is 5.02 Å². The Morgan fingerprint density at radius 3 is 2.41 bits per heavy atom. The Bertz CT molecular complexity index is 509. The van der Waals surface area contributed by atoms with Crippen molar-refractivity contribution in [1.29, 1.82) is 0 Å². The summed E-state index contributed by atoms with van der Waals surface area (Å²) >= 11 is 5.71. The van der Waals surface area contributed by atoms with Gasteiger partial charge in [-0.2, -0.15) is 0 Å². The first-order valence-electron chi connectivity index (χ1n) is 6.72. The van der Waals surface area contributed by atoms with E-state index in [0.29, 0.717) is 17.0 Å². The zero-order chi connectivity index (χ0) is 16.6. The summed E-state index contributed by atoms with van der Waals surface area (Å²) in [5, 5.41) is 5.26. The molecule has 2 amide bonds. The molecule has 22 heavy (non-hydrogen) atoms. The van der Waals surface area contributed by atoms with Crippen LogP contribution in [0.25, 0.3) is 0 Å². The summed E-state index contributed by atoms with van der Waals surface area (Å²) in [5.41, 5.74) is 5.31. The van der Waals surface area contributed by atoms with E-state index in [2.05, 4.69) is 10.6 Å². The summed E-state index contributed by atoms with van der Waals surface area (Å²) in [6.45, 7) is -1.33. The number of nitrogens with two attached hydrogens (primary N) is 1. The molecule has 0 unspecified atom stereocenters. The van der Waals surface area contributed by atoms with E-state index in [1.165, 1.54) is 0 Å². The van der Waals surface area contributed by atoms with Crippen molar-refractivity contribution in [2.24, 2.45) is 5.73 Å². The van der Waals surface area contributed by atoms with Gasteiger partial charge in [0.05, 0.1) is 13.1 Å². The molecule has 0 aliphatic carbocycles. The third-order valence-corrected chi connectivity index (χ3v) is 3.07. The average molecular weight is 334 g/mol. The van der Waals surface area contributed by atoms with E-state index in [-0.39, 0.29) is 18.9 Å². The van der Waals surface area contributed by atoms with E-state index >= 15 is 0 Å². The van der Waals surface area contributed by atoms with Gasteiger partial charge in [-0.25, -0.2) is 8.78 Å². The fourth-order valence-corrected chi connectivity index (χ4v) is 1.67. The molecule has 0 aliphatic heterocycles. The number of benzene rings is 1. The number of halogens is 3. The van der Waals surface area contributed by atoms with Crippen molar-refractivity contribution in [3.05, 3.63) is 34.9 Å². The first-order valence-corrected chi connectivity index (χ1v) is 7.10. The number of carbonyl (C=O) groups is 2. The fraction of sp³-hybridized carbons (Fsp3) is 0.429. The molecule has 0 spiro atoms. The fourth-order valence-electron chi connectivity index (χ4n) is 1.54. The highest BCUT2D eigenvalue weighted by molar-refractivity contribution is 6.30. The highest BCUT2D eigenvalue weighted by Gasteiger charge is 2.26. The first kappa shape index (κ1) is 18.3. The Labute approximate surface area is 132 Å². The smallest absolute Gasteiger partial charge is 0.277 e. The maximum Gasteiger partial charge on any atom is 0.277 e. The highest BCUT2D eigenvalue weighted by Crippen LogP contribution is 2.10. The molecule has 4 N–H and O–H groups in total. The maximum absolute atomic E-state index is 12.8. The minimum absolute atomic E-state index is 0.0432. The molecule has 1 rings (SSSR count). The molecule has 0 saturated carbocycles. The van der Waals surface area contributed by atoms with Crippen molar-refractivity contribution in [3.63, 3.8) is 0 Å². The van der Waals surface area contributed by atoms with Crippen LogP contribution in [-0.4, -0.2) is 37.4 Å². The number of nitrogens with one attached hydrogen (secondary N) is 2. The van der Waals surface area contributed by atoms with Gasteiger partial charge in [-0.1, -0.05) is 11.6 Å². The monoisotopic (exact) mass is 333 g/mol. The lowest BCUT2D eigenvalue weighted by Crippen LogP contribution is -2.41. The Hall–Kier alpha value is -1.73. The Morgan fingerprint density at radius 1 is 1.18 bits per heavy atom. The van der Waals surface area contributed by atoms with E-state index in [9.17, 15) is 18.4 Å². The molecule has 0 aliphatic rings. The number of hydrogen-bond donors (Lipinski definition) is 3. The van der Waals surface area contributed by atoms with E-state index in [1.54, 1.807) is 24.3 Å². The van der Waals surface area contributed by atoms with Gasteiger partial charge in [0, 0.05) is 23.6 Å². The average Bonchev–Trinajstić information content (AvgIpc) is 2.50. The Balaban J connectivity index is 2.20. The summed E-state index contributed by atoms with van der Waals surface area (Å²) in [4.78, 5) is 23.1. The minimum atomic E-state index is -3.10. The summed E-state index contributed by atoms with van der Waals surface area (Å²) in [7, 11) is 0. The molecular weight excluding hydrogens is 316 g/mol. The van der Waals surface area contributed by atoms with Crippen molar-refractivity contribution in [2.45, 2.75) is 18.8 Å². The van der Waals surface area contributed by atoms with Crippen molar-refractivity contribution < 1.29 is 18.4 Å². The molecule has 8 heteroatoms. The van der Waals surface area contributed by atoms with Gasteiger partial charge in [0.1, 0.15) is 0 Å². The molecule has 0 aromatic heterocycles. The second kappa shape index (κ2) is 8.65. The standard InChI is InChI=1S/C14H18ClF2N3O2/c15-11-5-3-10(4-6-11)13(22)19-7-1-2-12(21)20-9-14(16,17)8-18/h3-6H,1-2,7-9,18H2,(H,19,22)(H,20,21). The summed E-state index contributed by atoms with van der Waals surface area (Å²) < 4.78 is 25.6. The number of amides is 2. The van der Waals surface area contributed by atoms with Gasteiger partial charge in [0.25, 0.3) is 11.8 Å². The van der Waals surface area contributed by atoms with E-state index in [1.807, 2.05) is 0 Å². The third-order valence-electron chi connectivity index (χ3n) is 2.82. The molecule has 0 saturated heterocycles. The van der Waals surface area contributed by atoms with Crippen molar-refractivity contribution in [1.82, 2.24) is 10.6 Å². The van der Waals surface area contributed by atoms with Crippen LogP contribution in [0.3, 0.4) is 0 Å². The number of carbonyl (C=O) groups excluding carboxylic acids is 2. The van der Waals surface area contributed by atoms with E-state index < -0.39 is 24.9 Å². The molecule has 0 fully saturated rings. The Kier molecular flexibility index (Phi) is 7.20. The van der Waals surface area contributed by atoms with Crippen LogP contribution in [0.15, 0.2) is 24.3 Å². The number of rotatable bonds is 8. The predicted octanol–water partition coefficient (Wildman–Crippen LogP) is 1.56. The van der Waals surface area contributed by atoms with Gasteiger partial charge < -0.3 is 16.4 Å². The van der Waals surface area contributed by atoms with E-state index in [4.69, 9.17) is 17.3 Å². The van der Waals surface area contributed by atoms with Gasteiger partial charge in [-0.15, -0.1) is 0 Å². The van der Waals surface area contributed by atoms with Crippen LogP contribution >= 0.6 is 11.6 Å². The van der Waals surface area contributed by atoms with Crippen LogP contribution in [-0.2, 0) is 4.79 Å². The van der Waals surface area contributed by atoms with Crippen LogP contribution in [0.4, 0.5) is 8.78 Å². The number of alkyl halides is 2. The quantitative estimate of drug-likeness (QED) is 0.631. The lowest BCUT2D eigenvalue weighted by atomic mass is 10.2. The third kappa shape index (κ3) is 6.82. The SMILES string of the molecule is NCC(F)(F)CNC(=O)CCCNC(=O)c1ccc(Cl)cc1. The summed E-state index contributed by atoms with van der Waals surface area (Å²) in [6.07, 6.45) is 0.390. The Morgan fingerprint density at radius 2 is 1.82 bits per heavy atom. The summed E-state index contributed by atoms with van der Waals surface area (Å²) in [5.74, 6) is -3.89. The lowest BCUT2D eigenvalue weighted by Gasteiger charge is -2.14. The van der Waals surface area contributed by atoms with Gasteiger partial charge in [0.15, 0.2) is 0 Å². The molecule has 122 valence electrons. The zero-order valence-corrected chi connectivity index (χ0v) is 12.6. The first-order chi connectivity index (χ1) is 10.3. The molecule has 1 aromatic rings. The van der Waals surface area contributed by atoms with Gasteiger partial charge in [-0.05, 0) is 30.7 Å². The second-order valence-electron chi connectivity index (χ2n) is 4.70. The van der Waals surface area contributed by atoms with Crippen molar-refractivity contribution in [2.75, 3.05) is 19.6 Å². The van der Waals surface area contributed by atoms with Gasteiger partial charge in [0.2, 0.25) is 5.91 Å². The van der Waals surface area contributed by atoms with Crippen LogP contribution in [0, 0.1) is 0 Å². The van der Waals surface area contributed by atoms with Crippen molar-refractivity contribution in [3.8, 4) is 0 Å². The normalized spacial score (nSPS) is 11.1. The van der Waals surface area contributed by atoms with E-state index in [0.717, 1.165) is 0 Å². The van der Waals surface area contributed by atoms with Gasteiger partial charge >= 0.3 is 0 Å². The van der Waals surface area contributed by atoms with Gasteiger partial charge in [-0.3, -0.25) is 9.59 Å². The number of hydrogen-bond acceptors (Lipinski definition) is 3. The van der Waals surface area contributed by atoms with Crippen LogP contribution in [0.1, 0.15) is 23.2 Å². The molecular formula is C14H18ClF2N3O2. The van der Waals surface area contributed by atoms with Crippen LogP contribution < -0.4 is 16.4 Å². The minimum Gasteiger partial charge on any atom is -0.352 e. The largest absolute Gasteiger partial charge is 0.352 e. The van der Waals surface area contributed by atoms with Crippen molar-refractivity contribution >= 4 is 23.4 Å². The topological polar surface area (TPSA) is 84.2 Å².